The first-order valence-electron chi connectivity index (χ1n) is 10.2. The highest BCUT2D eigenvalue weighted by Gasteiger charge is 2.20. The van der Waals surface area contributed by atoms with Crippen LogP contribution in [0, 0.1) is 11.7 Å². The third kappa shape index (κ3) is 7.31. The highest BCUT2D eigenvalue weighted by Crippen LogP contribution is 2.22. The SMILES string of the molecule is O=C(CN1CCC(CCc2ccccc2)CC1)NCC(=O)Nc1ccc(F)cc1. The largest absolute Gasteiger partial charge is 0.346 e. The zero-order valence-corrected chi connectivity index (χ0v) is 16.6. The molecule has 1 saturated heterocycles. The van der Waals surface area contributed by atoms with Gasteiger partial charge in [0.25, 0.3) is 0 Å². The van der Waals surface area contributed by atoms with Crippen LogP contribution in [0.3, 0.4) is 0 Å². The van der Waals surface area contributed by atoms with Gasteiger partial charge in [0.2, 0.25) is 11.8 Å². The van der Waals surface area contributed by atoms with Gasteiger partial charge in [-0.2, -0.15) is 0 Å². The van der Waals surface area contributed by atoms with Crippen LogP contribution < -0.4 is 10.6 Å². The normalized spacial score (nSPS) is 15.1. The fourth-order valence-corrected chi connectivity index (χ4v) is 3.62. The molecule has 5 nitrogen and oxygen atoms in total. The molecule has 0 aromatic heterocycles. The summed E-state index contributed by atoms with van der Waals surface area (Å²) in [7, 11) is 0. The summed E-state index contributed by atoms with van der Waals surface area (Å²) in [5.74, 6) is -0.136. The first kappa shape index (κ1) is 21.0. The van der Waals surface area contributed by atoms with Gasteiger partial charge in [-0.05, 0) is 74.5 Å². The van der Waals surface area contributed by atoms with Gasteiger partial charge >= 0.3 is 0 Å². The number of amides is 2. The summed E-state index contributed by atoms with van der Waals surface area (Å²) in [5, 5.41) is 5.28. The number of anilines is 1. The first-order chi connectivity index (χ1) is 14.1. The van der Waals surface area contributed by atoms with Crippen molar-refractivity contribution in [1.29, 1.82) is 0 Å². The quantitative estimate of drug-likeness (QED) is 0.719. The van der Waals surface area contributed by atoms with Gasteiger partial charge < -0.3 is 10.6 Å². The summed E-state index contributed by atoms with van der Waals surface area (Å²) < 4.78 is 12.9. The minimum absolute atomic E-state index is 0.0935. The summed E-state index contributed by atoms with van der Waals surface area (Å²) >= 11 is 0. The van der Waals surface area contributed by atoms with Crippen LogP contribution in [0.1, 0.15) is 24.8 Å². The van der Waals surface area contributed by atoms with Gasteiger partial charge in [0.1, 0.15) is 5.82 Å². The molecule has 0 atom stereocenters. The van der Waals surface area contributed by atoms with Crippen LogP contribution in [-0.4, -0.2) is 42.9 Å². The van der Waals surface area contributed by atoms with Crippen LogP contribution in [-0.2, 0) is 16.0 Å². The van der Waals surface area contributed by atoms with Crippen molar-refractivity contribution >= 4 is 17.5 Å². The molecule has 2 aromatic rings. The number of hydrogen-bond donors (Lipinski definition) is 2. The summed E-state index contributed by atoms with van der Waals surface area (Å²) in [5.41, 5.74) is 1.89. The Kier molecular flexibility index (Phi) is 7.76. The zero-order chi connectivity index (χ0) is 20.5. The molecular formula is C23H28FN3O2. The highest BCUT2D eigenvalue weighted by atomic mass is 19.1. The summed E-state index contributed by atoms with van der Waals surface area (Å²) in [4.78, 5) is 26.2. The number of nitrogens with one attached hydrogen (secondary N) is 2. The predicted molar refractivity (Wildman–Crippen MR) is 112 cm³/mol. The lowest BCUT2D eigenvalue weighted by Gasteiger charge is -2.31. The number of carbonyl (C=O) groups excluding carboxylic acids is 2. The number of rotatable bonds is 8. The number of aryl methyl sites for hydroxylation is 1. The van der Waals surface area contributed by atoms with Crippen LogP contribution in [0.5, 0.6) is 0 Å². The Hall–Kier alpha value is -2.73. The van der Waals surface area contributed by atoms with Crippen molar-refractivity contribution in [1.82, 2.24) is 10.2 Å². The van der Waals surface area contributed by atoms with E-state index in [4.69, 9.17) is 0 Å². The Morgan fingerprint density at radius 3 is 2.34 bits per heavy atom. The maximum absolute atomic E-state index is 12.9. The average molecular weight is 397 g/mol. The molecule has 3 rings (SSSR count). The Bertz CT molecular complexity index is 788. The number of nitrogens with zero attached hydrogens (tertiary/aromatic N) is 1. The minimum Gasteiger partial charge on any atom is -0.346 e. The first-order valence-corrected chi connectivity index (χ1v) is 10.2. The van der Waals surface area contributed by atoms with E-state index in [1.807, 2.05) is 6.07 Å². The van der Waals surface area contributed by atoms with E-state index in [2.05, 4.69) is 39.8 Å². The van der Waals surface area contributed by atoms with Gasteiger partial charge in [-0.1, -0.05) is 30.3 Å². The number of carbonyl (C=O) groups is 2. The molecule has 2 aromatic carbocycles. The summed E-state index contributed by atoms with van der Waals surface area (Å²) in [6.45, 7) is 2.04. The van der Waals surface area contributed by atoms with Crippen LogP contribution in [0.2, 0.25) is 0 Å². The van der Waals surface area contributed by atoms with Crippen molar-refractivity contribution in [2.75, 3.05) is 31.5 Å². The van der Waals surface area contributed by atoms with Crippen molar-refractivity contribution in [3.8, 4) is 0 Å². The molecule has 0 saturated carbocycles. The predicted octanol–water partition coefficient (Wildman–Crippen LogP) is 3.23. The molecule has 29 heavy (non-hydrogen) atoms. The standard InChI is InChI=1S/C23H28FN3O2/c24-20-8-10-21(11-9-20)26-22(28)16-25-23(29)17-27-14-12-19(13-15-27)7-6-18-4-2-1-3-5-18/h1-5,8-11,19H,6-7,12-17H2,(H,25,29)(H,26,28). The zero-order valence-electron chi connectivity index (χ0n) is 16.6. The van der Waals surface area contributed by atoms with E-state index in [1.54, 1.807) is 0 Å². The molecule has 0 radical (unpaired) electrons. The smallest absolute Gasteiger partial charge is 0.243 e. The van der Waals surface area contributed by atoms with E-state index in [0.717, 1.165) is 32.4 Å². The molecule has 2 amide bonds. The maximum atomic E-state index is 12.9. The van der Waals surface area contributed by atoms with Gasteiger partial charge in [0.05, 0.1) is 13.1 Å². The van der Waals surface area contributed by atoms with Gasteiger partial charge in [-0.25, -0.2) is 4.39 Å². The summed E-state index contributed by atoms with van der Waals surface area (Å²) in [6, 6.07) is 16.1. The van der Waals surface area contributed by atoms with Gasteiger partial charge in [-0.15, -0.1) is 0 Å². The number of benzene rings is 2. The fourth-order valence-electron chi connectivity index (χ4n) is 3.62. The van der Waals surface area contributed by atoms with Crippen LogP contribution in [0.25, 0.3) is 0 Å². The van der Waals surface area contributed by atoms with Crippen LogP contribution >= 0.6 is 0 Å². The molecule has 1 heterocycles. The molecule has 0 aliphatic carbocycles. The van der Waals surface area contributed by atoms with Gasteiger partial charge in [-0.3, -0.25) is 14.5 Å². The monoisotopic (exact) mass is 397 g/mol. The maximum Gasteiger partial charge on any atom is 0.243 e. The number of likely N-dealkylation sites (tertiary alicyclic amines) is 1. The van der Waals surface area contributed by atoms with Crippen molar-refractivity contribution in [2.45, 2.75) is 25.7 Å². The molecule has 6 heteroatoms. The molecule has 154 valence electrons. The minimum atomic E-state index is -0.361. The second-order valence-electron chi connectivity index (χ2n) is 7.58. The average Bonchev–Trinajstić information content (AvgIpc) is 2.74. The molecule has 1 aliphatic heterocycles. The third-order valence-electron chi connectivity index (χ3n) is 5.33. The molecule has 1 aliphatic rings. The Morgan fingerprint density at radius 2 is 1.66 bits per heavy atom. The second-order valence-corrected chi connectivity index (χ2v) is 7.58. The van der Waals surface area contributed by atoms with Crippen molar-refractivity contribution < 1.29 is 14.0 Å². The van der Waals surface area contributed by atoms with E-state index < -0.39 is 0 Å². The van der Waals surface area contributed by atoms with E-state index in [0.29, 0.717) is 18.2 Å². The molecule has 2 N–H and O–H groups in total. The van der Waals surface area contributed by atoms with Crippen LogP contribution in [0.4, 0.5) is 10.1 Å². The topological polar surface area (TPSA) is 61.4 Å². The Morgan fingerprint density at radius 1 is 0.966 bits per heavy atom. The third-order valence-corrected chi connectivity index (χ3v) is 5.33. The lowest BCUT2D eigenvalue weighted by molar-refractivity contribution is -0.125. The van der Waals surface area contributed by atoms with Crippen molar-refractivity contribution in [3.63, 3.8) is 0 Å². The molecule has 0 spiro atoms. The Balaban J connectivity index is 1.30. The van der Waals surface area contributed by atoms with E-state index in [-0.39, 0.29) is 24.2 Å². The van der Waals surface area contributed by atoms with Gasteiger partial charge in [0, 0.05) is 5.69 Å². The molecule has 0 bridgehead atoms. The number of halogens is 1. The molecule has 1 fully saturated rings. The van der Waals surface area contributed by atoms with E-state index >= 15 is 0 Å². The highest BCUT2D eigenvalue weighted by molar-refractivity contribution is 5.94. The lowest BCUT2D eigenvalue weighted by Crippen LogP contribution is -2.43. The number of hydrogen-bond acceptors (Lipinski definition) is 3. The van der Waals surface area contributed by atoms with E-state index in [1.165, 1.54) is 36.2 Å². The van der Waals surface area contributed by atoms with E-state index in [9.17, 15) is 14.0 Å². The fraction of sp³-hybridized carbons (Fsp3) is 0.391. The number of piperidine rings is 1. The van der Waals surface area contributed by atoms with Crippen molar-refractivity contribution in [3.05, 3.63) is 66.0 Å². The molecule has 0 unspecified atom stereocenters. The lowest BCUT2D eigenvalue weighted by atomic mass is 9.90. The molecular weight excluding hydrogens is 369 g/mol. The summed E-state index contributed by atoms with van der Waals surface area (Å²) in [6.07, 6.45) is 4.50. The van der Waals surface area contributed by atoms with Gasteiger partial charge in [0.15, 0.2) is 0 Å². The van der Waals surface area contributed by atoms with Crippen molar-refractivity contribution in [2.24, 2.45) is 5.92 Å². The second kappa shape index (κ2) is 10.7. The Labute approximate surface area is 171 Å². The van der Waals surface area contributed by atoms with Crippen LogP contribution in [0.15, 0.2) is 54.6 Å².